The third-order valence-electron chi connectivity index (χ3n) is 5.02. The van der Waals surface area contributed by atoms with Gasteiger partial charge >= 0.3 is 0 Å². The average Bonchev–Trinajstić information content (AvgIpc) is 3.02. The fourth-order valence-corrected chi connectivity index (χ4v) is 5.86. The second kappa shape index (κ2) is 8.01. The molecule has 1 aromatic carbocycles. The molecule has 1 aliphatic carbocycles. The van der Waals surface area contributed by atoms with Crippen molar-refractivity contribution in [2.75, 3.05) is 5.32 Å². The predicted octanol–water partition coefficient (Wildman–Crippen LogP) is 4.59. The summed E-state index contributed by atoms with van der Waals surface area (Å²) in [6.07, 6.45) is 2.98. The second-order valence-corrected chi connectivity index (χ2v) is 10.2. The zero-order valence-corrected chi connectivity index (χ0v) is 18.3. The number of phenolic OH excluding ortho intramolecular Hbond substituents is 1. The fourth-order valence-electron chi connectivity index (χ4n) is 3.45. The monoisotopic (exact) mass is 449 g/mol. The lowest BCUT2D eigenvalue weighted by atomic mass is 9.89. The first-order valence-corrected chi connectivity index (χ1v) is 11.4. The van der Waals surface area contributed by atoms with Crippen LogP contribution >= 0.6 is 34.7 Å². The maximum absolute atomic E-state index is 12.7. The van der Waals surface area contributed by atoms with Crippen LogP contribution < -0.4 is 10.9 Å². The molecule has 1 amide bonds. The van der Waals surface area contributed by atoms with Crippen molar-refractivity contribution in [3.05, 3.63) is 44.0 Å². The van der Waals surface area contributed by atoms with Crippen molar-refractivity contribution in [3.63, 3.8) is 0 Å². The lowest BCUT2D eigenvalue weighted by Gasteiger charge is -2.17. The van der Waals surface area contributed by atoms with E-state index < -0.39 is 5.25 Å². The van der Waals surface area contributed by atoms with Crippen LogP contribution in [-0.2, 0) is 17.6 Å². The second-order valence-electron chi connectivity index (χ2n) is 7.31. The standard InChI is InChI=1S/C20H20ClN3O3S2/c1-9-3-5-12-15(7-9)29-19-16(12)18(27)23-20(24-19)28-10(2)17(26)22-13-8-11(21)4-6-14(13)25/h4,6,8-10,25H,3,5,7H2,1-2H3,(H,22,26)(H,23,24,27). The van der Waals surface area contributed by atoms with Crippen molar-refractivity contribution < 1.29 is 9.90 Å². The molecule has 6 nitrogen and oxygen atoms in total. The molecular weight excluding hydrogens is 430 g/mol. The van der Waals surface area contributed by atoms with E-state index in [1.807, 2.05) is 0 Å². The Bertz CT molecular complexity index is 1160. The van der Waals surface area contributed by atoms with Crippen molar-refractivity contribution in [1.29, 1.82) is 0 Å². The normalized spacial score (nSPS) is 17.1. The minimum Gasteiger partial charge on any atom is -0.506 e. The molecule has 0 bridgehead atoms. The van der Waals surface area contributed by atoms with Gasteiger partial charge in [0.15, 0.2) is 5.16 Å². The number of aromatic amines is 1. The molecular formula is C20H20ClN3O3S2. The number of aryl methyl sites for hydroxylation is 1. The topological polar surface area (TPSA) is 95.1 Å². The van der Waals surface area contributed by atoms with Crippen LogP contribution in [0.2, 0.25) is 5.02 Å². The van der Waals surface area contributed by atoms with Crippen molar-refractivity contribution >= 4 is 56.5 Å². The summed E-state index contributed by atoms with van der Waals surface area (Å²) in [5.74, 6) is 0.232. The van der Waals surface area contributed by atoms with Crippen LogP contribution in [0, 0.1) is 5.92 Å². The summed E-state index contributed by atoms with van der Waals surface area (Å²) < 4.78 is 0. The molecule has 0 saturated heterocycles. The molecule has 2 atom stereocenters. The van der Waals surface area contributed by atoms with E-state index >= 15 is 0 Å². The number of nitrogens with one attached hydrogen (secondary N) is 2. The van der Waals surface area contributed by atoms with Crippen LogP contribution in [0.15, 0.2) is 28.2 Å². The third-order valence-corrected chi connectivity index (χ3v) is 7.39. The molecule has 2 heterocycles. The average molecular weight is 450 g/mol. The Labute approximate surface area is 180 Å². The molecule has 3 N–H and O–H groups in total. The number of carbonyl (C=O) groups is 1. The van der Waals surface area contributed by atoms with Gasteiger partial charge in [-0.3, -0.25) is 9.59 Å². The summed E-state index contributed by atoms with van der Waals surface area (Å²) in [5, 5.41) is 13.5. The van der Waals surface area contributed by atoms with Gasteiger partial charge in [0.25, 0.3) is 5.56 Å². The van der Waals surface area contributed by atoms with E-state index in [9.17, 15) is 14.7 Å². The Morgan fingerprint density at radius 2 is 2.28 bits per heavy atom. The molecule has 1 aliphatic rings. The van der Waals surface area contributed by atoms with Gasteiger partial charge in [0.1, 0.15) is 10.6 Å². The van der Waals surface area contributed by atoms with Crippen molar-refractivity contribution in [2.24, 2.45) is 5.92 Å². The first kappa shape index (κ1) is 20.3. The zero-order chi connectivity index (χ0) is 20.7. The number of halogens is 1. The maximum Gasteiger partial charge on any atom is 0.260 e. The van der Waals surface area contributed by atoms with E-state index in [1.165, 1.54) is 34.8 Å². The molecule has 4 rings (SSSR count). The van der Waals surface area contributed by atoms with Gasteiger partial charge in [-0.15, -0.1) is 11.3 Å². The van der Waals surface area contributed by atoms with Crippen LogP contribution in [0.3, 0.4) is 0 Å². The Morgan fingerprint density at radius 1 is 1.48 bits per heavy atom. The fraction of sp³-hybridized carbons (Fsp3) is 0.350. The van der Waals surface area contributed by atoms with Gasteiger partial charge in [-0.25, -0.2) is 4.98 Å². The smallest absolute Gasteiger partial charge is 0.260 e. The highest BCUT2D eigenvalue weighted by molar-refractivity contribution is 8.00. The van der Waals surface area contributed by atoms with Crippen molar-refractivity contribution in [3.8, 4) is 5.75 Å². The van der Waals surface area contributed by atoms with Gasteiger partial charge in [0, 0.05) is 9.90 Å². The van der Waals surface area contributed by atoms with E-state index in [1.54, 1.807) is 18.3 Å². The molecule has 9 heteroatoms. The minimum atomic E-state index is -0.538. The number of aromatic nitrogens is 2. The summed E-state index contributed by atoms with van der Waals surface area (Å²) in [6, 6.07) is 4.44. The van der Waals surface area contributed by atoms with Crippen LogP contribution in [0.4, 0.5) is 5.69 Å². The molecule has 2 unspecified atom stereocenters. The number of H-pyrrole nitrogens is 1. The van der Waals surface area contributed by atoms with Crippen molar-refractivity contribution in [1.82, 2.24) is 9.97 Å². The Hall–Kier alpha value is -2.03. The number of fused-ring (bicyclic) bond motifs is 3. The number of hydrogen-bond donors (Lipinski definition) is 3. The molecule has 152 valence electrons. The first-order chi connectivity index (χ1) is 13.8. The third kappa shape index (κ3) is 4.15. The summed E-state index contributed by atoms with van der Waals surface area (Å²) in [6.45, 7) is 3.94. The summed E-state index contributed by atoms with van der Waals surface area (Å²) in [7, 11) is 0. The number of amides is 1. The molecule has 0 saturated carbocycles. The highest BCUT2D eigenvalue weighted by Gasteiger charge is 2.24. The van der Waals surface area contributed by atoms with E-state index in [4.69, 9.17) is 11.6 Å². The Kier molecular flexibility index (Phi) is 5.59. The molecule has 3 aromatic rings. The summed E-state index contributed by atoms with van der Waals surface area (Å²) in [4.78, 5) is 34.6. The van der Waals surface area contributed by atoms with Gasteiger partial charge in [0.05, 0.1) is 16.3 Å². The van der Waals surface area contributed by atoms with E-state index in [0.29, 0.717) is 21.5 Å². The van der Waals surface area contributed by atoms with Crippen LogP contribution in [0.1, 0.15) is 30.7 Å². The number of nitrogens with zero attached hydrogens (tertiary/aromatic N) is 1. The largest absolute Gasteiger partial charge is 0.506 e. The highest BCUT2D eigenvalue weighted by Crippen LogP contribution is 2.36. The minimum absolute atomic E-state index is 0.0636. The number of rotatable bonds is 4. The molecule has 0 aliphatic heterocycles. The van der Waals surface area contributed by atoms with Gasteiger partial charge in [-0.2, -0.15) is 0 Å². The number of thioether (sulfide) groups is 1. The molecule has 2 aromatic heterocycles. The van der Waals surface area contributed by atoms with Crippen LogP contribution in [0.25, 0.3) is 10.2 Å². The summed E-state index contributed by atoms with van der Waals surface area (Å²) >= 11 is 8.67. The zero-order valence-electron chi connectivity index (χ0n) is 15.9. The Morgan fingerprint density at radius 3 is 3.07 bits per heavy atom. The number of carbonyl (C=O) groups excluding carboxylic acids is 1. The molecule has 0 radical (unpaired) electrons. The van der Waals surface area contributed by atoms with Crippen LogP contribution in [0.5, 0.6) is 5.75 Å². The molecule has 0 fully saturated rings. The summed E-state index contributed by atoms with van der Waals surface area (Å²) in [5.41, 5.74) is 1.23. The van der Waals surface area contributed by atoms with Gasteiger partial charge in [0.2, 0.25) is 5.91 Å². The van der Waals surface area contributed by atoms with E-state index in [2.05, 4.69) is 22.2 Å². The lowest BCUT2D eigenvalue weighted by molar-refractivity contribution is -0.115. The lowest BCUT2D eigenvalue weighted by Crippen LogP contribution is -2.23. The van der Waals surface area contributed by atoms with Crippen molar-refractivity contribution in [2.45, 2.75) is 43.5 Å². The van der Waals surface area contributed by atoms with E-state index in [-0.39, 0.29) is 22.9 Å². The van der Waals surface area contributed by atoms with Crippen LogP contribution in [-0.4, -0.2) is 26.2 Å². The molecule has 29 heavy (non-hydrogen) atoms. The predicted molar refractivity (Wildman–Crippen MR) is 118 cm³/mol. The number of phenols is 1. The quantitative estimate of drug-likeness (QED) is 0.307. The van der Waals surface area contributed by atoms with Gasteiger partial charge in [-0.1, -0.05) is 30.3 Å². The maximum atomic E-state index is 12.7. The first-order valence-electron chi connectivity index (χ1n) is 9.32. The number of aromatic hydroxyl groups is 1. The highest BCUT2D eigenvalue weighted by atomic mass is 35.5. The number of anilines is 1. The molecule has 0 spiro atoms. The van der Waals surface area contributed by atoms with E-state index in [0.717, 1.165) is 29.7 Å². The number of benzene rings is 1. The van der Waals surface area contributed by atoms with Gasteiger partial charge < -0.3 is 15.4 Å². The Balaban J connectivity index is 1.55. The SMILES string of the molecule is CC1CCc2c(sc3nc(SC(C)C(=O)Nc4cc(Cl)ccc4O)[nH]c(=O)c23)C1. The van der Waals surface area contributed by atoms with Gasteiger partial charge in [-0.05, 0) is 55.9 Å². The number of hydrogen-bond acceptors (Lipinski definition) is 6. The number of thiophene rings is 1.